The summed E-state index contributed by atoms with van der Waals surface area (Å²) in [6.07, 6.45) is 2.40. The molecule has 0 amide bonds. The van der Waals surface area contributed by atoms with Crippen LogP contribution in [0.3, 0.4) is 0 Å². The molecule has 0 spiro atoms. The van der Waals surface area contributed by atoms with Gasteiger partial charge in [0.05, 0.1) is 18.8 Å². The molecule has 1 unspecified atom stereocenters. The van der Waals surface area contributed by atoms with Crippen molar-refractivity contribution in [2.45, 2.75) is 38.8 Å². The molecular weight excluding hydrogens is 238 g/mol. The topological polar surface area (TPSA) is 30.5 Å². The van der Waals surface area contributed by atoms with Gasteiger partial charge in [-0.25, -0.2) is 0 Å². The zero-order chi connectivity index (χ0) is 13.5. The van der Waals surface area contributed by atoms with Crippen LogP contribution in [0.25, 0.3) is 0 Å². The standard InChI is InChI=1S/C16H25NO2/c1-3-17-16(14-6-4-13(2)5-7-14)12-19-15-8-10-18-11-9-15/h4-7,15-17H,3,8-12H2,1-2H3. The van der Waals surface area contributed by atoms with Crippen molar-refractivity contribution in [2.75, 3.05) is 26.4 Å². The van der Waals surface area contributed by atoms with Crippen LogP contribution in [0.15, 0.2) is 24.3 Å². The normalized spacial score (nSPS) is 18.4. The molecule has 1 N–H and O–H groups in total. The molecule has 106 valence electrons. The van der Waals surface area contributed by atoms with Crippen LogP contribution in [0.4, 0.5) is 0 Å². The van der Waals surface area contributed by atoms with E-state index in [0.717, 1.165) is 39.2 Å². The van der Waals surface area contributed by atoms with Gasteiger partial charge in [0.15, 0.2) is 0 Å². The number of aryl methyl sites for hydroxylation is 1. The summed E-state index contributed by atoms with van der Waals surface area (Å²) >= 11 is 0. The minimum Gasteiger partial charge on any atom is -0.381 e. The highest BCUT2D eigenvalue weighted by Crippen LogP contribution is 2.17. The molecule has 19 heavy (non-hydrogen) atoms. The summed E-state index contributed by atoms with van der Waals surface area (Å²) in [7, 11) is 0. The van der Waals surface area contributed by atoms with Crippen molar-refractivity contribution in [1.82, 2.24) is 5.32 Å². The molecule has 1 aromatic carbocycles. The summed E-state index contributed by atoms with van der Waals surface area (Å²) in [5.41, 5.74) is 2.60. The lowest BCUT2D eigenvalue weighted by Gasteiger charge is -2.26. The summed E-state index contributed by atoms with van der Waals surface area (Å²) in [5, 5.41) is 3.50. The summed E-state index contributed by atoms with van der Waals surface area (Å²) in [4.78, 5) is 0. The molecule has 2 rings (SSSR count). The van der Waals surface area contributed by atoms with Gasteiger partial charge in [0.2, 0.25) is 0 Å². The SMILES string of the molecule is CCNC(COC1CCOCC1)c1ccc(C)cc1. The van der Waals surface area contributed by atoms with Crippen LogP contribution in [-0.4, -0.2) is 32.5 Å². The number of benzene rings is 1. The molecule has 1 fully saturated rings. The first-order chi connectivity index (χ1) is 9.29. The smallest absolute Gasteiger partial charge is 0.0665 e. The van der Waals surface area contributed by atoms with Crippen molar-refractivity contribution in [2.24, 2.45) is 0 Å². The molecule has 1 saturated heterocycles. The maximum absolute atomic E-state index is 6.04. The predicted molar refractivity (Wildman–Crippen MR) is 77.4 cm³/mol. The van der Waals surface area contributed by atoms with E-state index in [4.69, 9.17) is 9.47 Å². The Morgan fingerprint density at radius 1 is 1.26 bits per heavy atom. The van der Waals surface area contributed by atoms with Gasteiger partial charge in [-0.2, -0.15) is 0 Å². The van der Waals surface area contributed by atoms with E-state index in [-0.39, 0.29) is 6.04 Å². The van der Waals surface area contributed by atoms with Gasteiger partial charge in [0, 0.05) is 13.2 Å². The van der Waals surface area contributed by atoms with Crippen LogP contribution >= 0.6 is 0 Å². The van der Waals surface area contributed by atoms with E-state index in [2.05, 4.69) is 43.4 Å². The lowest BCUT2D eigenvalue weighted by atomic mass is 10.1. The maximum Gasteiger partial charge on any atom is 0.0665 e. The Kier molecular flexibility index (Phi) is 5.83. The first-order valence-electron chi connectivity index (χ1n) is 7.29. The van der Waals surface area contributed by atoms with Crippen LogP contribution in [0.2, 0.25) is 0 Å². The van der Waals surface area contributed by atoms with Gasteiger partial charge in [-0.05, 0) is 31.9 Å². The highest BCUT2D eigenvalue weighted by Gasteiger charge is 2.17. The Hall–Kier alpha value is -0.900. The second-order valence-electron chi connectivity index (χ2n) is 5.17. The molecule has 0 saturated carbocycles. The average Bonchev–Trinajstić information content (AvgIpc) is 2.46. The number of ether oxygens (including phenoxy) is 2. The Labute approximate surface area is 116 Å². The fraction of sp³-hybridized carbons (Fsp3) is 0.625. The number of likely N-dealkylation sites (N-methyl/N-ethyl adjacent to an activating group) is 1. The van der Waals surface area contributed by atoms with Gasteiger partial charge < -0.3 is 14.8 Å². The molecule has 1 aliphatic heterocycles. The van der Waals surface area contributed by atoms with Crippen LogP contribution in [0.5, 0.6) is 0 Å². The Morgan fingerprint density at radius 3 is 2.58 bits per heavy atom. The lowest BCUT2D eigenvalue weighted by molar-refractivity contribution is -0.0382. The van der Waals surface area contributed by atoms with Gasteiger partial charge in [-0.3, -0.25) is 0 Å². The van der Waals surface area contributed by atoms with Crippen molar-refractivity contribution < 1.29 is 9.47 Å². The third-order valence-corrected chi connectivity index (χ3v) is 3.60. The zero-order valence-electron chi connectivity index (χ0n) is 12.0. The molecule has 1 aliphatic rings. The molecule has 1 heterocycles. The van der Waals surface area contributed by atoms with Crippen molar-refractivity contribution in [3.63, 3.8) is 0 Å². The van der Waals surface area contributed by atoms with Gasteiger partial charge in [0.1, 0.15) is 0 Å². The van der Waals surface area contributed by atoms with E-state index in [1.54, 1.807) is 0 Å². The molecule has 1 atom stereocenters. The van der Waals surface area contributed by atoms with Crippen molar-refractivity contribution in [1.29, 1.82) is 0 Å². The third kappa shape index (κ3) is 4.60. The van der Waals surface area contributed by atoms with Gasteiger partial charge in [0.25, 0.3) is 0 Å². The second kappa shape index (κ2) is 7.63. The van der Waals surface area contributed by atoms with Crippen LogP contribution in [-0.2, 0) is 9.47 Å². The van der Waals surface area contributed by atoms with Crippen molar-refractivity contribution >= 4 is 0 Å². The Balaban J connectivity index is 1.89. The van der Waals surface area contributed by atoms with Crippen LogP contribution in [0, 0.1) is 6.92 Å². The van der Waals surface area contributed by atoms with E-state index in [1.807, 2.05) is 0 Å². The summed E-state index contributed by atoms with van der Waals surface area (Å²) < 4.78 is 11.4. The van der Waals surface area contributed by atoms with Gasteiger partial charge >= 0.3 is 0 Å². The number of hydrogen-bond acceptors (Lipinski definition) is 3. The van der Waals surface area contributed by atoms with E-state index in [9.17, 15) is 0 Å². The average molecular weight is 263 g/mol. The molecular formula is C16H25NO2. The summed E-state index contributed by atoms with van der Waals surface area (Å²) in [6, 6.07) is 8.99. The van der Waals surface area contributed by atoms with Crippen molar-refractivity contribution in [3.05, 3.63) is 35.4 Å². The van der Waals surface area contributed by atoms with E-state index in [1.165, 1.54) is 11.1 Å². The van der Waals surface area contributed by atoms with Crippen molar-refractivity contribution in [3.8, 4) is 0 Å². The quantitative estimate of drug-likeness (QED) is 0.856. The molecule has 0 aliphatic carbocycles. The van der Waals surface area contributed by atoms with E-state index in [0.29, 0.717) is 6.10 Å². The highest BCUT2D eigenvalue weighted by molar-refractivity contribution is 5.24. The Morgan fingerprint density at radius 2 is 1.95 bits per heavy atom. The van der Waals surface area contributed by atoms with E-state index >= 15 is 0 Å². The fourth-order valence-electron chi connectivity index (χ4n) is 2.39. The maximum atomic E-state index is 6.04. The molecule has 3 heteroatoms. The lowest BCUT2D eigenvalue weighted by Crippen LogP contribution is -2.30. The highest BCUT2D eigenvalue weighted by atomic mass is 16.5. The third-order valence-electron chi connectivity index (χ3n) is 3.60. The van der Waals surface area contributed by atoms with Gasteiger partial charge in [-0.15, -0.1) is 0 Å². The summed E-state index contributed by atoms with van der Waals surface area (Å²) in [6.45, 7) is 7.61. The second-order valence-corrected chi connectivity index (χ2v) is 5.17. The summed E-state index contributed by atoms with van der Waals surface area (Å²) in [5.74, 6) is 0. The monoisotopic (exact) mass is 263 g/mol. The molecule has 0 radical (unpaired) electrons. The minimum absolute atomic E-state index is 0.286. The zero-order valence-corrected chi connectivity index (χ0v) is 12.0. The minimum atomic E-state index is 0.286. The van der Waals surface area contributed by atoms with E-state index < -0.39 is 0 Å². The molecule has 0 bridgehead atoms. The molecule has 0 aromatic heterocycles. The predicted octanol–water partition coefficient (Wildman–Crippen LogP) is 2.84. The number of nitrogens with one attached hydrogen (secondary N) is 1. The first-order valence-corrected chi connectivity index (χ1v) is 7.29. The first kappa shape index (κ1) is 14.5. The fourth-order valence-corrected chi connectivity index (χ4v) is 2.39. The van der Waals surface area contributed by atoms with Crippen LogP contribution < -0.4 is 5.32 Å². The molecule has 3 nitrogen and oxygen atoms in total. The van der Waals surface area contributed by atoms with Crippen LogP contribution in [0.1, 0.15) is 36.9 Å². The number of hydrogen-bond donors (Lipinski definition) is 1. The number of rotatable bonds is 6. The van der Waals surface area contributed by atoms with Gasteiger partial charge in [-0.1, -0.05) is 36.8 Å². The largest absolute Gasteiger partial charge is 0.381 e. The Bertz CT molecular complexity index is 358. The molecule has 1 aromatic rings.